The molecule has 6 nitrogen and oxygen atoms in total. The van der Waals surface area contributed by atoms with Gasteiger partial charge >= 0.3 is 0 Å². The second-order valence-electron chi connectivity index (χ2n) is 3.99. The molecule has 0 aliphatic heterocycles. The van der Waals surface area contributed by atoms with E-state index in [9.17, 15) is 15.4 Å². The van der Waals surface area contributed by atoms with Gasteiger partial charge in [0.05, 0.1) is 10.6 Å². The van der Waals surface area contributed by atoms with E-state index < -0.39 is 4.92 Å². The Bertz CT molecular complexity index is 489. The molecule has 0 saturated heterocycles. The van der Waals surface area contributed by atoms with Gasteiger partial charge in [0.25, 0.3) is 5.69 Å². The lowest BCUT2D eigenvalue weighted by Crippen LogP contribution is -2.17. The van der Waals surface area contributed by atoms with E-state index in [1.807, 2.05) is 6.07 Å². The van der Waals surface area contributed by atoms with E-state index >= 15 is 0 Å². The van der Waals surface area contributed by atoms with Gasteiger partial charge in [0.2, 0.25) is 0 Å². The van der Waals surface area contributed by atoms with Crippen molar-refractivity contribution in [3.63, 3.8) is 0 Å². The molecule has 0 radical (unpaired) electrons. The summed E-state index contributed by atoms with van der Waals surface area (Å²) in [5, 5.41) is 20.1. The fourth-order valence-corrected chi connectivity index (χ4v) is 1.65. The molecule has 0 atom stereocenters. The number of anilines is 2. The Balaban J connectivity index is 3.63. The largest absolute Gasteiger partial charge is 0.377 e. The topological polar surface area (TPSA) is 73.4 Å². The maximum Gasteiger partial charge on any atom is 0.294 e. The Morgan fingerprint density at radius 1 is 1.24 bits per heavy atom. The maximum atomic E-state index is 10.9. The number of nitrogens with zero attached hydrogens (tertiary/aromatic N) is 4. The SMILES string of the molecule is CN(C)c1ccc([N+](=O)[O-])c(N(C)C)c1C#N. The number of hydrogen-bond donors (Lipinski definition) is 0. The Morgan fingerprint density at radius 3 is 2.18 bits per heavy atom. The van der Waals surface area contributed by atoms with Crippen molar-refractivity contribution in [3.05, 3.63) is 27.8 Å². The number of hydrogen-bond acceptors (Lipinski definition) is 5. The predicted molar refractivity (Wildman–Crippen MR) is 66.5 cm³/mol. The van der Waals surface area contributed by atoms with E-state index in [1.54, 1.807) is 44.1 Å². The van der Waals surface area contributed by atoms with Gasteiger partial charge < -0.3 is 9.80 Å². The average molecular weight is 234 g/mol. The minimum Gasteiger partial charge on any atom is -0.377 e. The normalized spacial score (nSPS) is 9.59. The molecule has 0 heterocycles. The smallest absolute Gasteiger partial charge is 0.294 e. The molecule has 0 spiro atoms. The van der Waals surface area contributed by atoms with Crippen LogP contribution >= 0.6 is 0 Å². The summed E-state index contributed by atoms with van der Waals surface area (Å²) < 4.78 is 0. The molecule has 0 N–H and O–H groups in total. The number of nitro groups is 1. The molecule has 0 aliphatic carbocycles. The van der Waals surface area contributed by atoms with Crippen LogP contribution in [0.25, 0.3) is 0 Å². The zero-order valence-electron chi connectivity index (χ0n) is 10.3. The third-order valence-electron chi connectivity index (χ3n) is 2.37. The summed E-state index contributed by atoms with van der Waals surface area (Å²) in [6.07, 6.45) is 0. The second-order valence-corrected chi connectivity index (χ2v) is 3.99. The predicted octanol–water partition coefficient (Wildman–Crippen LogP) is 1.60. The van der Waals surface area contributed by atoms with Crippen LogP contribution in [-0.4, -0.2) is 33.1 Å². The fourth-order valence-electron chi connectivity index (χ4n) is 1.65. The van der Waals surface area contributed by atoms with Crippen molar-refractivity contribution in [2.45, 2.75) is 0 Å². The third kappa shape index (κ3) is 2.28. The van der Waals surface area contributed by atoms with E-state index in [1.165, 1.54) is 6.07 Å². The average Bonchev–Trinajstić information content (AvgIpc) is 2.26. The van der Waals surface area contributed by atoms with E-state index in [0.29, 0.717) is 16.9 Å². The van der Waals surface area contributed by atoms with E-state index in [4.69, 9.17) is 0 Å². The first-order chi connectivity index (χ1) is 7.90. The summed E-state index contributed by atoms with van der Waals surface area (Å²) in [5.74, 6) is 0. The van der Waals surface area contributed by atoms with Crippen molar-refractivity contribution in [1.29, 1.82) is 5.26 Å². The lowest BCUT2D eigenvalue weighted by atomic mass is 10.1. The van der Waals surface area contributed by atoms with Gasteiger partial charge in [-0.25, -0.2) is 0 Å². The van der Waals surface area contributed by atoms with E-state index in [-0.39, 0.29) is 5.69 Å². The second kappa shape index (κ2) is 4.70. The van der Waals surface area contributed by atoms with Crippen LogP contribution < -0.4 is 9.80 Å². The highest BCUT2D eigenvalue weighted by Crippen LogP contribution is 2.36. The van der Waals surface area contributed by atoms with Crippen molar-refractivity contribution < 1.29 is 4.92 Å². The van der Waals surface area contributed by atoms with Crippen LogP contribution in [0.5, 0.6) is 0 Å². The molecule has 0 bridgehead atoms. The van der Waals surface area contributed by atoms with Crippen molar-refractivity contribution >= 4 is 17.1 Å². The number of benzene rings is 1. The Hall–Kier alpha value is -2.29. The van der Waals surface area contributed by atoms with Crippen LogP contribution in [0.2, 0.25) is 0 Å². The summed E-state index contributed by atoms with van der Waals surface area (Å²) in [6, 6.07) is 5.04. The Morgan fingerprint density at radius 2 is 1.82 bits per heavy atom. The van der Waals surface area contributed by atoms with Gasteiger partial charge in [0.15, 0.2) is 0 Å². The zero-order chi connectivity index (χ0) is 13.2. The zero-order valence-corrected chi connectivity index (χ0v) is 10.3. The number of nitro benzene ring substituents is 1. The number of rotatable bonds is 3. The van der Waals surface area contributed by atoms with Crippen LogP contribution in [-0.2, 0) is 0 Å². The van der Waals surface area contributed by atoms with Gasteiger partial charge in [-0.3, -0.25) is 10.1 Å². The molecule has 1 rings (SSSR count). The highest BCUT2D eigenvalue weighted by molar-refractivity contribution is 5.80. The molecule has 1 aromatic rings. The molecule has 1 aromatic carbocycles. The highest BCUT2D eigenvalue weighted by atomic mass is 16.6. The lowest BCUT2D eigenvalue weighted by molar-refractivity contribution is -0.384. The minimum atomic E-state index is -0.477. The number of nitriles is 1. The summed E-state index contributed by atoms with van der Waals surface area (Å²) in [6.45, 7) is 0. The van der Waals surface area contributed by atoms with Crippen LogP contribution in [0.15, 0.2) is 12.1 Å². The summed E-state index contributed by atoms with van der Waals surface area (Å²) in [5.41, 5.74) is 1.26. The van der Waals surface area contributed by atoms with Gasteiger partial charge in [-0.2, -0.15) is 5.26 Å². The van der Waals surface area contributed by atoms with E-state index in [0.717, 1.165) is 0 Å². The van der Waals surface area contributed by atoms with Crippen molar-refractivity contribution in [2.75, 3.05) is 38.0 Å². The van der Waals surface area contributed by atoms with Crippen LogP contribution in [0.1, 0.15) is 5.56 Å². The van der Waals surface area contributed by atoms with Crippen molar-refractivity contribution in [2.24, 2.45) is 0 Å². The lowest BCUT2D eigenvalue weighted by Gasteiger charge is -2.20. The third-order valence-corrected chi connectivity index (χ3v) is 2.37. The van der Waals surface area contributed by atoms with Crippen LogP contribution in [0.4, 0.5) is 17.1 Å². The first-order valence-corrected chi connectivity index (χ1v) is 4.96. The minimum absolute atomic E-state index is 0.0582. The molecule has 0 aliphatic rings. The molecule has 0 aromatic heterocycles. The van der Waals surface area contributed by atoms with Gasteiger partial charge in [0, 0.05) is 34.3 Å². The summed E-state index contributed by atoms with van der Waals surface area (Å²) >= 11 is 0. The van der Waals surface area contributed by atoms with Gasteiger partial charge in [-0.15, -0.1) is 0 Å². The van der Waals surface area contributed by atoms with Gasteiger partial charge in [-0.1, -0.05) is 0 Å². The molecule has 0 unspecified atom stereocenters. The first-order valence-electron chi connectivity index (χ1n) is 4.96. The molecule has 0 saturated carbocycles. The summed E-state index contributed by atoms with van der Waals surface area (Å²) in [7, 11) is 6.95. The van der Waals surface area contributed by atoms with E-state index in [2.05, 4.69) is 0 Å². The molecule has 0 amide bonds. The highest BCUT2D eigenvalue weighted by Gasteiger charge is 2.23. The molecule has 6 heteroatoms. The molecular formula is C11H14N4O2. The monoisotopic (exact) mass is 234 g/mol. The summed E-state index contributed by atoms with van der Waals surface area (Å²) in [4.78, 5) is 13.8. The van der Waals surface area contributed by atoms with Crippen LogP contribution in [0, 0.1) is 21.4 Å². The Kier molecular flexibility index (Phi) is 3.53. The maximum absolute atomic E-state index is 10.9. The van der Waals surface area contributed by atoms with Crippen molar-refractivity contribution in [1.82, 2.24) is 0 Å². The fraction of sp³-hybridized carbons (Fsp3) is 0.364. The van der Waals surface area contributed by atoms with Gasteiger partial charge in [-0.05, 0) is 6.07 Å². The van der Waals surface area contributed by atoms with Gasteiger partial charge in [0.1, 0.15) is 17.3 Å². The standard InChI is InChI=1S/C11H14N4O2/c1-13(2)9-5-6-10(15(16)17)11(14(3)4)8(9)7-12/h5-6H,1-4H3. The molecule has 90 valence electrons. The first kappa shape index (κ1) is 12.8. The molecule has 0 fully saturated rings. The molecular weight excluding hydrogens is 220 g/mol. The van der Waals surface area contributed by atoms with Crippen molar-refractivity contribution in [3.8, 4) is 6.07 Å². The Labute approximate surface area is 99.8 Å². The quantitative estimate of drug-likeness (QED) is 0.586. The molecule has 17 heavy (non-hydrogen) atoms. The van der Waals surface area contributed by atoms with Crippen LogP contribution in [0.3, 0.4) is 0 Å².